The Morgan fingerprint density at radius 1 is 0.583 bits per heavy atom. The fraction of sp³-hybridized carbons (Fsp3) is 0.846. The molecule has 0 N–H and O–H groups in total. The highest BCUT2D eigenvalue weighted by Crippen LogP contribution is 2.56. The largest absolute Gasteiger partial charge is 0.424 e. The first-order valence-electron chi connectivity index (χ1n) is 17.9. The van der Waals surface area contributed by atoms with Crippen molar-refractivity contribution < 1.29 is 28.7 Å². The van der Waals surface area contributed by atoms with Crippen LogP contribution < -0.4 is 0 Å². The molecule has 0 spiro atoms. The van der Waals surface area contributed by atoms with Crippen molar-refractivity contribution in [3.05, 3.63) is 0 Å². The minimum atomic E-state index is -0.938. The van der Waals surface area contributed by atoms with E-state index in [0.29, 0.717) is 44.9 Å². The van der Waals surface area contributed by atoms with Gasteiger partial charge in [0.25, 0.3) is 6.26 Å². The number of hydrogen-bond donors (Lipinski definition) is 0. The zero-order valence-electron chi connectivity index (χ0n) is 30.7. The Bertz CT molecular complexity index is 1350. The maximum Gasteiger partial charge on any atom is 0.286 e. The molecule has 8 atom stereocenters. The summed E-state index contributed by atoms with van der Waals surface area (Å²) in [6.07, 6.45) is 12.1. The van der Waals surface area contributed by atoms with Gasteiger partial charge >= 0.3 is 0 Å². The number of rotatable bonds is 9. The second-order valence-corrected chi connectivity index (χ2v) is 19.7. The fourth-order valence-electron chi connectivity index (χ4n) is 11.9. The lowest BCUT2D eigenvalue weighted by Gasteiger charge is -2.50. The third kappa shape index (κ3) is 8.80. The van der Waals surface area contributed by atoms with Crippen LogP contribution in [0.3, 0.4) is 0 Å². The maximum atomic E-state index is 14.6. The molecule has 8 unspecified atom stereocenters. The van der Waals surface area contributed by atoms with Crippen LogP contribution in [0.25, 0.3) is 0 Å². The number of ether oxygens (including phenoxy) is 1. The molecule has 9 heteroatoms. The molecule has 0 aromatic carbocycles. The standard InChI is InChI=1S/C39H57N3O6/c1-34(2)10-25(41-23-43)12-37(7,19-34)16-28-31(45)29(17-38(8)13-26(42-24-44)11-35(3,4)20-38)33(47)30(32(28)46)18-39(9)15-27(48-22-40)14-36(5,6)21-39/h25-30H,10-21H2,1-9H3. The number of carbonyl (C=O) groups is 3. The zero-order valence-corrected chi connectivity index (χ0v) is 30.7. The summed E-state index contributed by atoms with van der Waals surface area (Å²) in [5.41, 5.74) is -1.80. The van der Waals surface area contributed by atoms with Gasteiger partial charge in [-0.2, -0.15) is 5.26 Å². The lowest BCUT2D eigenvalue weighted by Crippen LogP contribution is -2.53. The molecule has 0 heterocycles. The summed E-state index contributed by atoms with van der Waals surface area (Å²) < 4.78 is 5.45. The lowest BCUT2D eigenvalue weighted by atomic mass is 9.54. The molecule has 0 saturated heterocycles. The molecule has 4 fully saturated rings. The molecule has 0 aromatic heterocycles. The predicted octanol–water partition coefficient (Wildman–Crippen LogP) is 7.65. The summed E-state index contributed by atoms with van der Waals surface area (Å²) in [6.45, 7) is 19.0. The Kier molecular flexibility index (Phi) is 10.6. The molecular formula is C39H57N3O6. The summed E-state index contributed by atoms with van der Waals surface area (Å²) in [4.78, 5) is 74.6. The van der Waals surface area contributed by atoms with E-state index in [2.05, 4.69) is 72.3 Å². The van der Waals surface area contributed by atoms with Crippen molar-refractivity contribution in [3.63, 3.8) is 0 Å². The molecule has 48 heavy (non-hydrogen) atoms. The van der Waals surface area contributed by atoms with Crippen molar-refractivity contribution >= 4 is 29.5 Å². The number of carbonyl (C=O) groups excluding carboxylic acids is 5. The molecule has 4 rings (SSSR count). The second-order valence-electron chi connectivity index (χ2n) is 19.7. The highest BCUT2D eigenvalue weighted by Gasteiger charge is 2.56. The van der Waals surface area contributed by atoms with Crippen LogP contribution >= 0.6 is 0 Å². The van der Waals surface area contributed by atoms with Gasteiger partial charge < -0.3 is 4.74 Å². The van der Waals surface area contributed by atoms with Crippen LogP contribution in [0.1, 0.15) is 139 Å². The van der Waals surface area contributed by atoms with E-state index in [9.17, 15) is 29.2 Å². The summed E-state index contributed by atoms with van der Waals surface area (Å²) in [5.74, 6) is -3.68. The Labute approximate surface area is 287 Å². The van der Waals surface area contributed by atoms with Crippen LogP contribution in [-0.4, -0.2) is 47.7 Å². The van der Waals surface area contributed by atoms with Gasteiger partial charge in [0, 0.05) is 0 Å². The van der Waals surface area contributed by atoms with Gasteiger partial charge in [-0.15, -0.1) is 0 Å². The molecule has 4 aliphatic rings. The molecule has 4 aliphatic carbocycles. The fourth-order valence-corrected chi connectivity index (χ4v) is 11.9. The van der Waals surface area contributed by atoms with Crippen LogP contribution in [-0.2, 0) is 28.7 Å². The van der Waals surface area contributed by atoms with E-state index in [0.717, 1.165) is 32.1 Å². The van der Waals surface area contributed by atoms with E-state index >= 15 is 0 Å². The van der Waals surface area contributed by atoms with E-state index in [-0.39, 0.29) is 51.8 Å². The predicted molar refractivity (Wildman–Crippen MR) is 181 cm³/mol. The number of aliphatic imine (C=N–C) groups is 2. The first-order chi connectivity index (χ1) is 22.1. The minimum absolute atomic E-state index is 0.153. The summed E-state index contributed by atoms with van der Waals surface area (Å²) >= 11 is 0. The smallest absolute Gasteiger partial charge is 0.286 e. The Morgan fingerprint density at radius 2 is 0.917 bits per heavy atom. The van der Waals surface area contributed by atoms with E-state index in [1.54, 1.807) is 12.2 Å². The van der Waals surface area contributed by atoms with E-state index < -0.39 is 34.0 Å². The Balaban J connectivity index is 1.73. The van der Waals surface area contributed by atoms with Gasteiger partial charge in [-0.1, -0.05) is 62.3 Å². The molecule has 0 amide bonds. The first kappa shape index (κ1) is 37.9. The third-order valence-corrected chi connectivity index (χ3v) is 12.1. The number of isocyanates is 2. The van der Waals surface area contributed by atoms with Gasteiger partial charge in [0.2, 0.25) is 12.2 Å². The Hall–Kier alpha value is -2.94. The monoisotopic (exact) mass is 663 g/mol. The minimum Gasteiger partial charge on any atom is -0.424 e. The van der Waals surface area contributed by atoms with Crippen molar-refractivity contribution in [2.45, 2.75) is 158 Å². The van der Waals surface area contributed by atoms with Crippen molar-refractivity contribution in [2.75, 3.05) is 0 Å². The highest BCUT2D eigenvalue weighted by atomic mass is 16.5. The van der Waals surface area contributed by atoms with Crippen LogP contribution in [0.5, 0.6) is 0 Å². The van der Waals surface area contributed by atoms with Crippen LogP contribution in [0.4, 0.5) is 0 Å². The van der Waals surface area contributed by atoms with Gasteiger partial charge in [-0.25, -0.2) is 19.6 Å². The number of ketones is 3. The lowest BCUT2D eigenvalue weighted by molar-refractivity contribution is -0.155. The van der Waals surface area contributed by atoms with Crippen LogP contribution in [0, 0.1) is 61.8 Å². The zero-order chi connectivity index (χ0) is 35.9. The quantitative estimate of drug-likeness (QED) is 0.107. The maximum absolute atomic E-state index is 14.6. The van der Waals surface area contributed by atoms with Crippen molar-refractivity contribution in [2.24, 2.45) is 60.2 Å². The van der Waals surface area contributed by atoms with Crippen molar-refractivity contribution in [1.29, 1.82) is 5.26 Å². The molecule has 9 nitrogen and oxygen atoms in total. The van der Waals surface area contributed by atoms with Crippen LogP contribution in [0.15, 0.2) is 9.98 Å². The van der Waals surface area contributed by atoms with Crippen molar-refractivity contribution in [3.8, 4) is 6.26 Å². The van der Waals surface area contributed by atoms with Gasteiger partial charge in [0.05, 0.1) is 29.8 Å². The molecular weight excluding hydrogens is 606 g/mol. The summed E-state index contributed by atoms with van der Waals surface area (Å²) in [6, 6.07) is -0.477. The number of Topliss-reactive ketones (excluding diaryl/α,β-unsaturated/α-hetero) is 3. The molecule has 0 aromatic rings. The number of nitriles is 1. The third-order valence-electron chi connectivity index (χ3n) is 12.1. The average Bonchev–Trinajstić information content (AvgIpc) is 2.89. The topological polar surface area (TPSA) is 143 Å². The molecule has 0 bridgehead atoms. The normalized spacial score (nSPS) is 40.5. The number of nitrogens with zero attached hydrogens (tertiary/aromatic N) is 3. The molecule has 0 radical (unpaired) electrons. The van der Waals surface area contributed by atoms with Crippen molar-refractivity contribution in [1.82, 2.24) is 0 Å². The summed E-state index contributed by atoms with van der Waals surface area (Å²) in [5, 5.41) is 9.33. The van der Waals surface area contributed by atoms with Crippen LogP contribution in [0.2, 0.25) is 0 Å². The SMILES string of the molecule is CC1(C)CC(N=C=O)CC(C)(CC2C(=O)C(CC3(C)CC(N=C=O)CC(C)(C)C3)C(=O)C(CC3(C)CC(OC#N)CC(C)(C)C3)C2=O)C1. The van der Waals surface area contributed by atoms with E-state index in [1.807, 2.05) is 6.26 Å². The Morgan fingerprint density at radius 3 is 1.25 bits per heavy atom. The van der Waals surface area contributed by atoms with Gasteiger partial charge in [-0.3, -0.25) is 14.4 Å². The van der Waals surface area contributed by atoms with E-state index in [1.165, 1.54) is 0 Å². The molecule has 4 saturated carbocycles. The van der Waals surface area contributed by atoms with Gasteiger partial charge in [-0.05, 0) is 110 Å². The second kappa shape index (κ2) is 13.4. The van der Waals surface area contributed by atoms with Gasteiger partial charge in [0.15, 0.2) is 17.3 Å². The van der Waals surface area contributed by atoms with Gasteiger partial charge in [0.1, 0.15) is 6.10 Å². The molecule has 0 aliphatic heterocycles. The first-order valence-corrected chi connectivity index (χ1v) is 17.9. The number of hydrogen-bond acceptors (Lipinski definition) is 9. The highest BCUT2D eigenvalue weighted by molar-refractivity contribution is 6.24. The average molecular weight is 664 g/mol. The summed E-state index contributed by atoms with van der Waals surface area (Å²) in [7, 11) is 0. The van der Waals surface area contributed by atoms with E-state index in [4.69, 9.17) is 4.74 Å². The molecule has 264 valence electrons.